The first-order valence-corrected chi connectivity index (χ1v) is 10.4. The Morgan fingerprint density at radius 1 is 1.26 bits per heavy atom. The quantitative estimate of drug-likeness (QED) is 0.642. The molecule has 4 heterocycles. The highest BCUT2D eigenvalue weighted by atomic mass is 16.1. The minimum atomic E-state index is -0.305. The summed E-state index contributed by atoms with van der Waals surface area (Å²) in [5.41, 5.74) is 3.96. The van der Waals surface area contributed by atoms with Crippen molar-refractivity contribution in [1.29, 1.82) is 5.26 Å². The van der Waals surface area contributed by atoms with Crippen LogP contribution in [0.25, 0.3) is 5.65 Å². The van der Waals surface area contributed by atoms with Crippen molar-refractivity contribution in [1.82, 2.24) is 24.6 Å². The highest BCUT2D eigenvalue weighted by Crippen LogP contribution is 2.21. The van der Waals surface area contributed by atoms with Gasteiger partial charge in [0.05, 0.1) is 5.69 Å². The average molecular weight is 419 g/mol. The zero-order valence-corrected chi connectivity index (χ0v) is 17.7. The number of amides is 1. The highest BCUT2D eigenvalue weighted by Gasteiger charge is 2.21. The lowest BCUT2D eigenvalue weighted by molar-refractivity contribution is 0.0958. The van der Waals surface area contributed by atoms with Gasteiger partial charge >= 0.3 is 0 Å². The summed E-state index contributed by atoms with van der Waals surface area (Å²) in [6.45, 7) is 5.97. The molecule has 9 nitrogen and oxygen atoms in total. The van der Waals surface area contributed by atoms with E-state index in [1.54, 1.807) is 12.1 Å². The molecule has 9 heteroatoms. The van der Waals surface area contributed by atoms with Crippen molar-refractivity contribution in [3.05, 3.63) is 63.5 Å². The first-order valence-electron chi connectivity index (χ1n) is 10.4. The van der Waals surface area contributed by atoms with Crippen LogP contribution < -0.4 is 15.8 Å². The van der Waals surface area contributed by atoms with E-state index >= 15 is 0 Å². The van der Waals surface area contributed by atoms with E-state index in [4.69, 9.17) is 0 Å². The number of anilines is 1. The molecule has 2 N–H and O–H groups in total. The molecule has 1 fully saturated rings. The number of hydrogen-bond acceptors (Lipinski definition) is 6. The van der Waals surface area contributed by atoms with Crippen molar-refractivity contribution in [2.24, 2.45) is 0 Å². The Kier molecular flexibility index (Phi) is 5.73. The summed E-state index contributed by atoms with van der Waals surface area (Å²) >= 11 is 0. The lowest BCUT2D eigenvalue weighted by Gasteiger charge is -2.36. The minimum absolute atomic E-state index is 0.0300. The van der Waals surface area contributed by atoms with Gasteiger partial charge in [-0.25, -0.2) is 4.98 Å². The van der Waals surface area contributed by atoms with Gasteiger partial charge in [0.2, 0.25) is 0 Å². The molecule has 3 aromatic rings. The topological polar surface area (TPSA) is 110 Å². The van der Waals surface area contributed by atoms with Crippen LogP contribution in [0.1, 0.15) is 34.2 Å². The van der Waals surface area contributed by atoms with E-state index in [-0.39, 0.29) is 22.9 Å². The third kappa shape index (κ3) is 4.15. The smallest absolute Gasteiger partial charge is 0.269 e. The van der Waals surface area contributed by atoms with Crippen LogP contribution in [0.3, 0.4) is 0 Å². The number of aromatic nitrogens is 3. The fourth-order valence-corrected chi connectivity index (χ4v) is 3.95. The van der Waals surface area contributed by atoms with Crippen molar-refractivity contribution < 1.29 is 4.79 Å². The lowest BCUT2D eigenvalue weighted by Crippen LogP contribution is -2.46. The van der Waals surface area contributed by atoms with Crippen molar-refractivity contribution >= 4 is 17.2 Å². The van der Waals surface area contributed by atoms with Gasteiger partial charge in [-0.1, -0.05) is 6.92 Å². The second-order valence-electron chi connectivity index (χ2n) is 7.62. The molecule has 4 rings (SSSR count). The normalized spacial score (nSPS) is 14.5. The van der Waals surface area contributed by atoms with Crippen LogP contribution in [0.4, 0.5) is 5.69 Å². The van der Waals surface area contributed by atoms with Gasteiger partial charge in [0.1, 0.15) is 17.4 Å². The molecule has 0 aliphatic carbocycles. The van der Waals surface area contributed by atoms with Crippen LogP contribution in [0, 0.1) is 11.3 Å². The van der Waals surface area contributed by atoms with Crippen molar-refractivity contribution in [2.75, 3.05) is 38.1 Å². The third-order valence-corrected chi connectivity index (χ3v) is 5.67. The fraction of sp³-hybridized carbons (Fsp3) is 0.364. The minimum Gasteiger partial charge on any atom is -0.367 e. The number of aromatic amines is 1. The van der Waals surface area contributed by atoms with Crippen LogP contribution >= 0.6 is 0 Å². The van der Waals surface area contributed by atoms with E-state index in [2.05, 4.69) is 37.4 Å². The standard InChI is InChI=1S/C22H25N7O2/c1-3-16-14-29-13-15(10-20(29)26-21(16)30)12-27-6-8-28(9-7-27)19-5-4-17(22(31)24-2)25-18(19)11-23/h4-5,10,13-14H,3,6-9,12H2,1-2H3,(H,24,31)(H,26,30). The maximum Gasteiger partial charge on any atom is 0.269 e. The Hall–Kier alpha value is -3.64. The predicted octanol–water partition coefficient (Wildman–Crippen LogP) is 1.14. The molecule has 1 aliphatic rings. The monoisotopic (exact) mass is 419 g/mol. The number of piperazine rings is 1. The van der Waals surface area contributed by atoms with Gasteiger partial charge in [-0.15, -0.1) is 0 Å². The van der Waals surface area contributed by atoms with Gasteiger partial charge in [0.15, 0.2) is 5.69 Å². The van der Waals surface area contributed by atoms with Gasteiger partial charge in [-0.2, -0.15) is 5.26 Å². The first-order chi connectivity index (χ1) is 15.0. The number of nitriles is 1. The Morgan fingerprint density at radius 2 is 2.03 bits per heavy atom. The zero-order chi connectivity index (χ0) is 22.0. The number of H-pyrrole nitrogens is 1. The molecule has 0 spiro atoms. The van der Waals surface area contributed by atoms with Gasteiger partial charge in [-0.05, 0) is 30.2 Å². The van der Waals surface area contributed by atoms with Crippen molar-refractivity contribution in [3.63, 3.8) is 0 Å². The summed E-state index contributed by atoms with van der Waals surface area (Å²) in [5, 5.41) is 12.0. The predicted molar refractivity (Wildman–Crippen MR) is 117 cm³/mol. The van der Waals surface area contributed by atoms with Crippen LogP contribution in [0.15, 0.2) is 35.4 Å². The molecule has 1 aliphatic heterocycles. The summed E-state index contributed by atoms with van der Waals surface area (Å²) in [6.07, 6.45) is 4.66. The highest BCUT2D eigenvalue weighted by molar-refractivity contribution is 5.92. The molecule has 1 saturated heterocycles. The molecule has 0 atom stereocenters. The van der Waals surface area contributed by atoms with E-state index in [1.807, 2.05) is 23.6 Å². The number of aryl methyl sites for hydroxylation is 1. The van der Waals surface area contributed by atoms with Crippen molar-refractivity contribution in [2.45, 2.75) is 19.9 Å². The number of rotatable bonds is 5. The van der Waals surface area contributed by atoms with Crippen LogP contribution in [0.5, 0.6) is 0 Å². The van der Waals surface area contributed by atoms with Crippen LogP contribution in [-0.2, 0) is 13.0 Å². The Labute approximate surface area is 179 Å². The molecule has 31 heavy (non-hydrogen) atoms. The van der Waals surface area contributed by atoms with E-state index in [1.165, 1.54) is 7.05 Å². The van der Waals surface area contributed by atoms with Gasteiger partial charge in [0.25, 0.3) is 11.5 Å². The summed E-state index contributed by atoms with van der Waals surface area (Å²) in [6, 6.07) is 7.58. The Morgan fingerprint density at radius 3 is 2.71 bits per heavy atom. The number of carbonyl (C=O) groups is 1. The van der Waals surface area contributed by atoms with Gasteiger partial charge in [-0.3, -0.25) is 14.5 Å². The van der Waals surface area contributed by atoms with E-state index in [9.17, 15) is 14.9 Å². The van der Waals surface area contributed by atoms with E-state index < -0.39 is 0 Å². The van der Waals surface area contributed by atoms with Crippen molar-refractivity contribution in [3.8, 4) is 6.07 Å². The summed E-state index contributed by atoms with van der Waals surface area (Å²) < 4.78 is 1.98. The second-order valence-corrected chi connectivity index (χ2v) is 7.62. The molecular formula is C22H25N7O2. The SMILES string of the molecule is CCc1cn2cc(CN3CCN(c4ccc(C(=O)NC)nc4C#N)CC3)cc2[nH]c1=O. The zero-order valence-electron chi connectivity index (χ0n) is 17.7. The van der Waals surface area contributed by atoms with Crippen LogP contribution in [-0.4, -0.2) is 58.4 Å². The summed E-state index contributed by atoms with van der Waals surface area (Å²) in [4.78, 5) is 35.4. The largest absolute Gasteiger partial charge is 0.367 e. The molecule has 0 radical (unpaired) electrons. The number of hydrogen-bond donors (Lipinski definition) is 2. The van der Waals surface area contributed by atoms with Gasteiger partial charge < -0.3 is 19.6 Å². The molecule has 3 aromatic heterocycles. The average Bonchev–Trinajstić information content (AvgIpc) is 3.18. The maximum atomic E-state index is 12.0. The molecule has 0 unspecified atom stereocenters. The first kappa shape index (κ1) is 20.6. The second kappa shape index (κ2) is 8.62. The third-order valence-electron chi connectivity index (χ3n) is 5.67. The maximum absolute atomic E-state index is 12.0. The van der Waals surface area contributed by atoms with E-state index in [0.29, 0.717) is 6.42 Å². The number of nitrogens with zero attached hydrogens (tertiary/aromatic N) is 5. The van der Waals surface area contributed by atoms with Gasteiger partial charge in [0, 0.05) is 57.7 Å². The Balaban J connectivity index is 1.43. The lowest BCUT2D eigenvalue weighted by atomic mass is 10.2. The Bertz CT molecular complexity index is 1210. The fourth-order valence-electron chi connectivity index (χ4n) is 3.95. The van der Waals surface area contributed by atoms with Crippen LogP contribution in [0.2, 0.25) is 0 Å². The molecule has 1 amide bonds. The molecule has 160 valence electrons. The molecule has 0 saturated carbocycles. The van der Waals surface area contributed by atoms with E-state index in [0.717, 1.165) is 55.2 Å². The number of carbonyl (C=O) groups excluding carboxylic acids is 1. The summed E-state index contributed by atoms with van der Waals surface area (Å²) in [7, 11) is 1.54. The molecule has 0 aromatic carbocycles. The summed E-state index contributed by atoms with van der Waals surface area (Å²) in [5.74, 6) is -0.305. The number of fused-ring (bicyclic) bond motifs is 1. The molecule has 0 bridgehead atoms. The number of pyridine rings is 1. The number of nitrogens with one attached hydrogen (secondary N) is 2. The molecular weight excluding hydrogens is 394 g/mol.